The number of carboxylic acid groups (broad SMARTS) is 1. The molecule has 0 aliphatic heterocycles. The zero-order chi connectivity index (χ0) is 29.9. The molecule has 0 fully saturated rings. The Kier molecular flexibility index (Phi) is 12.3. The van der Waals surface area contributed by atoms with E-state index >= 15 is 0 Å². The Morgan fingerprint density at radius 2 is 1.72 bits per heavy atom. The predicted molar refractivity (Wildman–Crippen MR) is 123 cm³/mol. The highest BCUT2D eigenvalue weighted by Crippen LogP contribution is 2.31. The number of urea groups is 1. The number of hydrogen-bond donors (Lipinski definition) is 6. The SMILES string of the molecule is COc1cc(OC)nc(NC(=O)NS(=O)(=O)c2ncccc2OCC(F)(F)F)n1.O=C(O)CNCP(=O)(O)O. The summed E-state index contributed by atoms with van der Waals surface area (Å²) in [7, 11) is -6.21. The lowest BCUT2D eigenvalue weighted by Gasteiger charge is -2.13. The Bertz CT molecular complexity index is 1270. The van der Waals surface area contributed by atoms with Crippen LogP contribution in [0.5, 0.6) is 17.5 Å². The number of carboxylic acids is 1. The van der Waals surface area contributed by atoms with Crippen molar-refractivity contribution in [3.63, 3.8) is 0 Å². The molecule has 0 aromatic carbocycles. The maximum Gasteiger partial charge on any atom is 0.422 e. The fourth-order valence-corrected chi connectivity index (χ4v) is 3.51. The van der Waals surface area contributed by atoms with Crippen LogP contribution in [0.15, 0.2) is 29.4 Å². The Labute approximate surface area is 217 Å². The topological polar surface area (TPSA) is 248 Å². The van der Waals surface area contributed by atoms with Crippen LogP contribution in [0.2, 0.25) is 0 Å². The molecule has 2 heterocycles. The number of aliphatic carboxylic acids is 1. The van der Waals surface area contributed by atoms with Crippen LogP contribution >= 0.6 is 7.60 Å². The van der Waals surface area contributed by atoms with Crippen molar-refractivity contribution in [2.45, 2.75) is 11.2 Å². The van der Waals surface area contributed by atoms with Gasteiger partial charge in [0.05, 0.1) is 33.1 Å². The minimum absolute atomic E-state index is 0.0163. The monoisotopic (exact) mass is 606 g/mol. The number of alkyl halides is 3. The number of carbonyl (C=O) groups is 2. The Morgan fingerprint density at radius 1 is 1.13 bits per heavy atom. The van der Waals surface area contributed by atoms with Crippen molar-refractivity contribution >= 4 is 35.6 Å². The molecule has 0 aliphatic rings. The molecule has 0 saturated heterocycles. The number of aromatic nitrogens is 3. The normalized spacial score (nSPS) is 11.5. The largest absolute Gasteiger partial charge is 0.481 e. The summed E-state index contributed by atoms with van der Waals surface area (Å²) in [5.41, 5.74) is 0. The van der Waals surface area contributed by atoms with E-state index in [-0.39, 0.29) is 17.7 Å². The third kappa shape index (κ3) is 13.5. The molecule has 0 unspecified atom stereocenters. The molecule has 39 heavy (non-hydrogen) atoms. The number of hydrogen-bond acceptors (Lipinski definition) is 12. The zero-order valence-corrected chi connectivity index (χ0v) is 21.6. The maximum absolute atomic E-state index is 12.3. The van der Waals surface area contributed by atoms with E-state index in [1.807, 2.05) is 5.32 Å². The van der Waals surface area contributed by atoms with Crippen molar-refractivity contribution in [1.82, 2.24) is 25.0 Å². The number of carbonyl (C=O) groups excluding carboxylic acids is 1. The molecule has 6 N–H and O–H groups in total. The van der Waals surface area contributed by atoms with Gasteiger partial charge in [0.15, 0.2) is 12.4 Å². The van der Waals surface area contributed by atoms with Crippen LogP contribution in [-0.2, 0) is 19.4 Å². The molecule has 0 spiro atoms. The molecule has 17 nitrogen and oxygen atoms in total. The van der Waals surface area contributed by atoms with Crippen molar-refractivity contribution in [2.24, 2.45) is 0 Å². The van der Waals surface area contributed by atoms with Gasteiger partial charge < -0.3 is 29.1 Å². The number of rotatable bonds is 11. The molecule has 22 heteroatoms. The summed E-state index contributed by atoms with van der Waals surface area (Å²) in [6, 6.07) is 2.12. The number of nitrogens with one attached hydrogen (secondary N) is 3. The third-order valence-corrected chi connectivity index (χ3v) is 5.43. The van der Waals surface area contributed by atoms with E-state index in [4.69, 9.17) is 24.4 Å². The van der Waals surface area contributed by atoms with Gasteiger partial charge in [0.25, 0.3) is 10.0 Å². The van der Waals surface area contributed by atoms with Gasteiger partial charge in [0.2, 0.25) is 22.7 Å². The van der Waals surface area contributed by atoms with Crippen molar-refractivity contribution in [3.8, 4) is 17.5 Å². The van der Waals surface area contributed by atoms with Crippen LogP contribution in [-0.4, -0.2) is 90.1 Å². The second-order valence-electron chi connectivity index (χ2n) is 6.69. The van der Waals surface area contributed by atoms with Crippen molar-refractivity contribution in [2.75, 3.05) is 39.0 Å². The number of nitrogens with zero attached hydrogens (tertiary/aromatic N) is 3. The standard InChI is InChI=1S/C14H14F3N5O6S.C3H8NO5P/c1-26-9-6-10(27-2)20-12(19-9)21-13(23)22-29(24,25)11-8(4-3-5-18-11)28-7-14(15,16)17;5-3(6)1-4-2-10(7,8)9/h3-6H,7H2,1-2H3,(H2,19,20,21,22,23);4H,1-2H2,(H,5,6)(H2,7,8,9). The molecule has 2 amide bonds. The lowest BCUT2D eigenvalue weighted by Crippen LogP contribution is -2.35. The summed E-state index contributed by atoms with van der Waals surface area (Å²) in [6.07, 6.45) is -4.30. The van der Waals surface area contributed by atoms with Crippen molar-refractivity contribution < 1.29 is 64.8 Å². The van der Waals surface area contributed by atoms with E-state index in [0.29, 0.717) is 0 Å². The minimum Gasteiger partial charge on any atom is -0.481 e. The zero-order valence-electron chi connectivity index (χ0n) is 19.9. The fraction of sp³-hybridized carbons (Fsp3) is 0.353. The van der Waals surface area contributed by atoms with Crippen LogP contribution in [0.25, 0.3) is 0 Å². The number of amides is 2. The third-order valence-electron chi connectivity index (χ3n) is 3.53. The molecule has 2 aromatic heterocycles. The molecule has 0 aliphatic carbocycles. The molecule has 0 saturated carbocycles. The Hall–Kier alpha value is -3.78. The van der Waals surface area contributed by atoms with Crippen LogP contribution in [0.4, 0.5) is 23.9 Å². The second-order valence-corrected chi connectivity index (χ2v) is 9.93. The fourth-order valence-electron chi connectivity index (χ4n) is 2.12. The van der Waals surface area contributed by atoms with Gasteiger partial charge in [-0.05, 0) is 12.1 Å². The maximum atomic E-state index is 12.3. The van der Waals surface area contributed by atoms with Crippen LogP contribution in [0.3, 0.4) is 0 Å². The van der Waals surface area contributed by atoms with Crippen molar-refractivity contribution in [1.29, 1.82) is 0 Å². The van der Waals surface area contributed by atoms with E-state index in [1.165, 1.54) is 26.4 Å². The highest BCUT2D eigenvalue weighted by atomic mass is 32.2. The number of methoxy groups -OCH3 is 2. The van der Waals surface area contributed by atoms with E-state index in [2.05, 4.69) is 25.0 Å². The average Bonchev–Trinajstić information content (AvgIpc) is 2.81. The lowest BCUT2D eigenvalue weighted by molar-refractivity contribution is -0.154. The number of anilines is 1. The first-order valence-corrected chi connectivity index (χ1v) is 13.2. The average molecular weight is 606 g/mol. The molecule has 0 radical (unpaired) electrons. The molecular weight excluding hydrogens is 584 g/mol. The van der Waals surface area contributed by atoms with E-state index in [9.17, 15) is 35.7 Å². The van der Waals surface area contributed by atoms with Gasteiger partial charge in [-0.1, -0.05) is 0 Å². The number of halogens is 3. The highest BCUT2D eigenvalue weighted by Gasteiger charge is 2.31. The first-order valence-electron chi connectivity index (χ1n) is 9.88. The van der Waals surface area contributed by atoms with Crippen LogP contribution < -0.4 is 29.6 Å². The molecule has 2 rings (SSSR count). The smallest absolute Gasteiger partial charge is 0.422 e. The summed E-state index contributed by atoms with van der Waals surface area (Å²) in [6.45, 7) is -2.18. The van der Waals surface area contributed by atoms with Gasteiger partial charge >= 0.3 is 25.8 Å². The summed E-state index contributed by atoms with van der Waals surface area (Å²) < 4.78 is 87.5. The first kappa shape index (κ1) is 33.2. The van der Waals surface area contributed by atoms with Gasteiger partial charge in [0.1, 0.15) is 0 Å². The number of ether oxygens (including phenoxy) is 3. The van der Waals surface area contributed by atoms with Gasteiger partial charge in [0, 0.05) is 6.20 Å². The second kappa shape index (κ2) is 14.4. The molecule has 2 aromatic rings. The Morgan fingerprint density at radius 3 is 2.21 bits per heavy atom. The number of sulfonamides is 1. The van der Waals surface area contributed by atoms with Gasteiger partial charge in [-0.2, -0.15) is 31.6 Å². The van der Waals surface area contributed by atoms with Crippen LogP contribution in [0.1, 0.15) is 0 Å². The highest BCUT2D eigenvalue weighted by molar-refractivity contribution is 7.90. The molecule has 0 bridgehead atoms. The summed E-state index contributed by atoms with van der Waals surface area (Å²) in [5.74, 6) is -2.16. The van der Waals surface area contributed by atoms with Gasteiger partial charge in [-0.25, -0.2) is 14.5 Å². The lowest BCUT2D eigenvalue weighted by atomic mass is 10.4. The summed E-state index contributed by atoms with van der Waals surface area (Å²) in [4.78, 5) is 49.2. The molecular formula is C17H22F3N6O11PS. The van der Waals surface area contributed by atoms with E-state index < -0.39 is 66.0 Å². The quantitative estimate of drug-likeness (QED) is 0.186. The molecule has 0 atom stereocenters. The van der Waals surface area contributed by atoms with Crippen molar-refractivity contribution in [3.05, 3.63) is 24.4 Å². The van der Waals surface area contributed by atoms with E-state index in [1.54, 1.807) is 4.72 Å². The summed E-state index contributed by atoms with van der Waals surface area (Å²) in [5, 5.41) is 11.2. The van der Waals surface area contributed by atoms with Gasteiger partial charge in [-0.3, -0.25) is 20.0 Å². The first-order chi connectivity index (χ1) is 18.0. The minimum atomic E-state index is -4.70. The predicted octanol–water partition coefficient (Wildman–Crippen LogP) is 0.136. The van der Waals surface area contributed by atoms with Crippen LogP contribution in [0, 0.1) is 0 Å². The summed E-state index contributed by atoms with van der Waals surface area (Å²) >= 11 is 0. The number of pyridine rings is 1. The van der Waals surface area contributed by atoms with E-state index in [0.717, 1.165) is 12.3 Å². The molecule has 218 valence electrons. The Balaban J connectivity index is 0.000000646. The van der Waals surface area contributed by atoms with Gasteiger partial charge in [-0.15, -0.1) is 0 Å².